The summed E-state index contributed by atoms with van der Waals surface area (Å²) in [5.41, 5.74) is 0. The third-order valence-electron chi connectivity index (χ3n) is 6.02. The maximum Gasteiger partial charge on any atom is 0.362 e. The summed E-state index contributed by atoms with van der Waals surface area (Å²) in [4.78, 5) is 19.2. The third-order valence-corrected chi connectivity index (χ3v) is 7.47. The van der Waals surface area contributed by atoms with Gasteiger partial charge in [-0.05, 0) is 64.2 Å². The molecule has 0 rings (SSSR count). The topological polar surface area (TPSA) is 77.8 Å². The summed E-state index contributed by atoms with van der Waals surface area (Å²) in [7, 11) is 0.941. The summed E-state index contributed by atoms with van der Waals surface area (Å²) >= 11 is 0. The summed E-state index contributed by atoms with van der Waals surface area (Å²) in [5.74, 6) is 0. The quantitative estimate of drug-likeness (QED) is 0.0645. The van der Waals surface area contributed by atoms with Crippen molar-refractivity contribution >= 4 is 7.60 Å². The van der Waals surface area contributed by atoms with Crippen LogP contribution >= 0.6 is 7.60 Å². The van der Waals surface area contributed by atoms with Crippen LogP contribution in [0.1, 0.15) is 116 Å². The van der Waals surface area contributed by atoms with E-state index in [2.05, 4.69) is 31.2 Å². The van der Waals surface area contributed by atoms with E-state index >= 15 is 0 Å². The van der Waals surface area contributed by atoms with E-state index in [1.807, 2.05) is 21.1 Å². The van der Waals surface area contributed by atoms with Gasteiger partial charge in [0, 0.05) is 0 Å². The first kappa shape index (κ1) is 32.5. The molecule has 0 aromatic rings. The zero-order chi connectivity index (χ0) is 25.1. The van der Waals surface area contributed by atoms with Gasteiger partial charge in [-0.2, -0.15) is 0 Å². The number of likely N-dealkylation sites (N-methyl/N-ethyl adjacent to an activating group) is 1. The van der Waals surface area contributed by atoms with Gasteiger partial charge in [-0.25, -0.2) is 0 Å². The highest BCUT2D eigenvalue weighted by atomic mass is 31.2. The molecule has 0 aromatic heterocycles. The first-order valence-electron chi connectivity index (χ1n) is 13.4. The van der Waals surface area contributed by atoms with Crippen molar-refractivity contribution in [3.05, 3.63) is 24.3 Å². The van der Waals surface area contributed by atoms with Gasteiger partial charge in [-0.3, -0.25) is 4.57 Å². The Kier molecular flexibility index (Phi) is 18.6. The Hall–Kier alpha value is -0.450. The molecule has 3 N–H and O–H groups in total. The maximum atomic E-state index is 11.8. The van der Waals surface area contributed by atoms with E-state index in [1.54, 1.807) is 0 Å². The molecular formula is C27H55NO4P+. The molecule has 0 fully saturated rings. The zero-order valence-corrected chi connectivity index (χ0v) is 23.1. The lowest BCUT2D eigenvalue weighted by Gasteiger charge is -2.35. The van der Waals surface area contributed by atoms with Gasteiger partial charge in [0.15, 0.2) is 0 Å². The molecule has 6 heteroatoms. The first-order valence-corrected chi connectivity index (χ1v) is 15.0. The van der Waals surface area contributed by atoms with Gasteiger partial charge in [-0.15, -0.1) is 0 Å². The number of hydrogen-bond acceptors (Lipinski definition) is 2. The van der Waals surface area contributed by atoms with Crippen LogP contribution in [-0.4, -0.2) is 52.4 Å². The molecule has 0 aliphatic rings. The molecule has 0 saturated carbocycles. The van der Waals surface area contributed by atoms with Crippen molar-refractivity contribution in [2.24, 2.45) is 0 Å². The summed E-state index contributed by atoms with van der Waals surface area (Å²) in [6.45, 7) is 2.31. The molecule has 5 nitrogen and oxygen atoms in total. The molecule has 0 amide bonds. The number of rotatable bonds is 22. The number of quaternary nitrogens is 1. The van der Waals surface area contributed by atoms with Crippen LogP contribution in [0.2, 0.25) is 0 Å². The molecule has 0 saturated heterocycles. The molecule has 0 aromatic carbocycles. The number of aliphatic hydroxyl groups is 1. The summed E-state index contributed by atoms with van der Waals surface area (Å²) in [6, 6.07) is 0. The lowest BCUT2D eigenvalue weighted by Crippen LogP contribution is -2.49. The van der Waals surface area contributed by atoms with Crippen molar-refractivity contribution in [1.82, 2.24) is 0 Å². The van der Waals surface area contributed by atoms with E-state index < -0.39 is 12.9 Å². The average Bonchev–Trinajstić information content (AvgIpc) is 2.70. The van der Waals surface area contributed by atoms with Crippen LogP contribution in [0, 0.1) is 0 Å². The Morgan fingerprint density at radius 1 is 0.667 bits per heavy atom. The van der Waals surface area contributed by atoms with Crippen LogP contribution in [0.5, 0.6) is 0 Å². The molecule has 0 bridgehead atoms. The Labute approximate surface area is 205 Å². The lowest BCUT2D eigenvalue weighted by molar-refractivity contribution is -0.875. The number of unbranched alkanes of at least 4 members (excludes halogenated alkanes) is 13. The standard InChI is InChI=1S/C27H54NO4P/c1-5-6-7-8-9-10-11-12-13-14-15-16-17-18-19-20-21-22-23-24-25-27(29,33(30,31)32)26-28(2,3)4/h12-13,19-20,29H,5-11,14-18,21-26H2,1-4H3,(H-,30,31,32)/p+1/b13-12-,20-19-. The van der Waals surface area contributed by atoms with Gasteiger partial charge in [0.1, 0.15) is 6.54 Å². The zero-order valence-electron chi connectivity index (χ0n) is 22.2. The SMILES string of the molecule is CCCCCCCC/C=C\CCCCC/C=C\CCCCCC(O)(C[N+](C)(C)C)P(=O)(O)O. The van der Waals surface area contributed by atoms with Gasteiger partial charge >= 0.3 is 7.60 Å². The fourth-order valence-corrected chi connectivity index (χ4v) is 5.20. The van der Waals surface area contributed by atoms with E-state index in [0.29, 0.717) is 10.9 Å². The highest BCUT2D eigenvalue weighted by Crippen LogP contribution is 2.52. The van der Waals surface area contributed by atoms with Crippen LogP contribution in [0.3, 0.4) is 0 Å². The minimum Gasteiger partial charge on any atom is -0.373 e. The molecule has 0 heterocycles. The van der Waals surface area contributed by atoms with Crippen LogP contribution in [0.15, 0.2) is 24.3 Å². The predicted molar refractivity (Wildman–Crippen MR) is 142 cm³/mol. The fourth-order valence-electron chi connectivity index (χ4n) is 4.14. The smallest absolute Gasteiger partial charge is 0.362 e. The normalized spacial score (nSPS) is 15.0. The van der Waals surface area contributed by atoms with E-state index in [0.717, 1.165) is 25.7 Å². The van der Waals surface area contributed by atoms with E-state index in [9.17, 15) is 19.5 Å². The van der Waals surface area contributed by atoms with Crippen molar-refractivity contribution in [2.45, 2.75) is 121 Å². The minimum absolute atomic E-state index is 0.0477. The predicted octanol–water partition coefficient (Wildman–Crippen LogP) is 7.32. The molecule has 0 aliphatic heterocycles. The fraction of sp³-hybridized carbons (Fsp3) is 0.852. The van der Waals surface area contributed by atoms with Crippen molar-refractivity contribution < 1.29 is 23.9 Å². The Morgan fingerprint density at radius 2 is 1.03 bits per heavy atom. The molecule has 0 aliphatic carbocycles. The minimum atomic E-state index is -4.56. The van der Waals surface area contributed by atoms with Gasteiger partial charge in [-0.1, -0.05) is 76.2 Å². The summed E-state index contributed by atoms with van der Waals surface area (Å²) in [6.07, 6.45) is 28.4. The van der Waals surface area contributed by atoms with Crippen LogP contribution < -0.4 is 0 Å². The van der Waals surface area contributed by atoms with E-state index in [1.165, 1.54) is 70.6 Å². The van der Waals surface area contributed by atoms with Gasteiger partial charge < -0.3 is 19.4 Å². The first-order chi connectivity index (χ1) is 15.5. The van der Waals surface area contributed by atoms with E-state index in [-0.39, 0.29) is 13.0 Å². The Balaban J connectivity index is 3.66. The molecule has 1 atom stereocenters. The second-order valence-electron chi connectivity index (χ2n) is 10.7. The highest BCUT2D eigenvalue weighted by molar-refractivity contribution is 7.53. The molecule has 0 radical (unpaired) electrons. The second-order valence-corrected chi connectivity index (χ2v) is 12.6. The largest absolute Gasteiger partial charge is 0.373 e. The van der Waals surface area contributed by atoms with Crippen molar-refractivity contribution in [3.8, 4) is 0 Å². The molecule has 1 unspecified atom stereocenters. The number of nitrogens with zero attached hydrogens (tertiary/aromatic N) is 1. The van der Waals surface area contributed by atoms with Gasteiger partial charge in [0.05, 0.1) is 21.1 Å². The van der Waals surface area contributed by atoms with E-state index in [4.69, 9.17) is 0 Å². The van der Waals surface area contributed by atoms with Crippen LogP contribution in [0.4, 0.5) is 0 Å². The third kappa shape index (κ3) is 19.5. The Morgan fingerprint density at radius 3 is 1.42 bits per heavy atom. The number of allylic oxidation sites excluding steroid dienone is 4. The number of hydrogen-bond donors (Lipinski definition) is 3. The maximum absolute atomic E-state index is 11.8. The highest BCUT2D eigenvalue weighted by Gasteiger charge is 2.48. The van der Waals surface area contributed by atoms with Gasteiger partial charge in [0.2, 0.25) is 5.34 Å². The average molecular weight is 489 g/mol. The monoisotopic (exact) mass is 488 g/mol. The van der Waals surface area contributed by atoms with Crippen LogP contribution in [0.25, 0.3) is 0 Å². The molecule has 0 spiro atoms. The molecule has 33 heavy (non-hydrogen) atoms. The van der Waals surface area contributed by atoms with Gasteiger partial charge in [0.25, 0.3) is 0 Å². The van der Waals surface area contributed by atoms with Crippen molar-refractivity contribution in [3.63, 3.8) is 0 Å². The summed E-state index contributed by atoms with van der Waals surface area (Å²) < 4.78 is 12.1. The van der Waals surface area contributed by atoms with Crippen LogP contribution in [-0.2, 0) is 4.57 Å². The Bertz CT molecular complexity index is 565. The molecule has 196 valence electrons. The van der Waals surface area contributed by atoms with Crippen molar-refractivity contribution in [1.29, 1.82) is 0 Å². The van der Waals surface area contributed by atoms with Crippen molar-refractivity contribution in [2.75, 3.05) is 27.7 Å². The molecular weight excluding hydrogens is 433 g/mol. The lowest BCUT2D eigenvalue weighted by atomic mass is 10.1. The second kappa shape index (κ2) is 18.8. The summed E-state index contributed by atoms with van der Waals surface area (Å²) in [5, 5.41) is 8.61.